The van der Waals surface area contributed by atoms with E-state index in [-0.39, 0.29) is 84.7 Å². The second-order valence-corrected chi connectivity index (χ2v) is 23.0. The van der Waals surface area contributed by atoms with Gasteiger partial charge in [0, 0.05) is 37.7 Å². The van der Waals surface area contributed by atoms with Crippen molar-refractivity contribution in [3.8, 4) is 11.5 Å². The average molecular weight is 998 g/mol. The van der Waals surface area contributed by atoms with Crippen LogP contribution in [0.15, 0.2) is 66.3 Å². The summed E-state index contributed by atoms with van der Waals surface area (Å²) in [6, 6.07) is 9.94. The molecule has 3 saturated carbocycles. The normalized spacial score (nSPS) is 38.1. The van der Waals surface area contributed by atoms with E-state index in [2.05, 4.69) is 38.2 Å². The molecule has 8 N–H and O–H groups in total. The molecule has 0 aromatic heterocycles. The van der Waals surface area contributed by atoms with Crippen molar-refractivity contribution in [2.45, 2.75) is 153 Å². The molecule has 0 radical (unpaired) electrons. The highest BCUT2D eigenvalue weighted by Gasteiger charge is 2.64. The predicted molar refractivity (Wildman–Crippen MR) is 269 cm³/mol. The van der Waals surface area contributed by atoms with E-state index >= 15 is 4.79 Å². The number of rotatable bonds is 17. The number of aliphatic hydroxyl groups is 6. The highest BCUT2D eigenvalue weighted by Crippen LogP contribution is 2.68. The number of phenols is 1. The van der Waals surface area contributed by atoms with E-state index in [1.165, 1.54) is 19.3 Å². The largest absolute Gasteiger partial charge is 0.504 e. The first-order chi connectivity index (χ1) is 34.5. The summed E-state index contributed by atoms with van der Waals surface area (Å²) in [6.07, 6.45) is 9.43. The molecule has 1 saturated heterocycles. The quantitative estimate of drug-likeness (QED) is 0.0525. The molecule has 0 amide bonds. The molecule has 2 heterocycles. The fourth-order valence-corrected chi connectivity index (χ4v) is 15.1. The summed E-state index contributed by atoms with van der Waals surface area (Å²) in [5.41, 5.74) is 3.28. The summed E-state index contributed by atoms with van der Waals surface area (Å²) in [7, 11) is 1.42. The van der Waals surface area contributed by atoms with Crippen LogP contribution in [0.3, 0.4) is 0 Å². The van der Waals surface area contributed by atoms with Crippen LogP contribution in [0.4, 0.5) is 0 Å². The molecule has 14 nitrogen and oxygen atoms in total. The van der Waals surface area contributed by atoms with E-state index in [9.17, 15) is 40.5 Å². The number of hydrogen-bond donors (Lipinski definition) is 8. The van der Waals surface area contributed by atoms with Crippen LogP contribution in [0.1, 0.15) is 114 Å². The molecule has 2 aromatic carbocycles. The molecule has 0 unspecified atom stereocenters. The van der Waals surface area contributed by atoms with Crippen LogP contribution in [-0.2, 0) is 36.6 Å². The Kier molecular flexibility index (Phi) is 15.8. The number of benzene rings is 2. The minimum absolute atomic E-state index is 0.00560. The smallest absolute Gasteiger partial charge is 0.334 e. The SMILES string of the molecule is COc1cc(/C=C(\C[C@@H]2c3cc(CCO)ccc3CC[C@@H]2CO)C(=O)O[C@@H]2[C@H](OC(=O)CC[C@@H]3C[C@H](C)[C@@H]4CC[C@H]5[C@H](O)[C@@H]6C=C[C@]35[C@@H]4CC[C@H]6C(C)C)[C@@H](O)[C@H]3O[C@]2(O)C=C[C@@H]3NC[C@H](C)O)ccc1O. The van der Waals surface area contributed by atoms with E-state index in [1.807, 2.05) is 18.2 Å². The summed E-state index contributed by atoms with van der Waals surface area (Å²) in [4.78, 5) is 29.6. The van der Waals surface area contributed by atoms with Crippen LogP contribution in [-0.4, -0.2) is 123 Å². The van der Waals surface area contributed by atoms with Gasteiger partial charge in [-0.2, -0.15) is 0 Å². The molecule has 4 fully saturated rings. The Bertz CT molecular complexity index is 2360. The third-order valence-corrected chi connectivity index (χ3v) is 18.6. The van der Waals surface area contributed by atoms with Gasteiger partial charge in [-0.25, -0.2) is 4.79 Å². The summed E-state index contributed by atoms with van der Waals surface area (Å²) in [6.45, 7) is 8.41. The monoisotopic (exact) mass is 998 g/mol. The zero-order chi connectivity index (χ0) is 51.2. The lowest BCUT2D eigenvalue weighted by molar-refractivity contribution is -0.333. The van der Waals surface area contributed by atoms with Gasteiger partial charge in [-0.15, -0.1) is 0 Å². The van der Waals surface area contributed by atoms with Crippen LogP contribution < -0.4 is 10.1 Å². The first kappa shape index (κ1) is 52.7. The van der Waals surface area contributed by atoms with Crippen molar-refractivity contribution in [1.82, 2.24) is 5.32 Å². The maximum absolute atomic E-state index is 15.1. The minimum atomic E-state index is -2.36. The molecule has 2 aliphatic heterocycles. The lowest BCUT2D eigenvalue weighted by atomic mass is 9.39. The predicted octanol–water partition coefficient (Wildman–Crippen LogP) is 5.91. The van der Waals surface area contributed by atoms with E-state index < -0.39 is 60.4 Å². The molecule has 18 atom stereocenters. The number of allylic oxidation sites excluding steroid dienone is 1. The van der Waals surface area contributed by atoms with Gasteiger partial charge in [0.05, 0.1) is 25.4 Å². The Hall–Kier alpha value is -4.12. The Morgan fingerprint density at radius 2 is 1.75 bits per heavy atom. The number of carbonyl (C=O) groups excluding carboxylic acids is 2. The van der Waals surface area contributed by atoms with Crippen LogP contribution >= 0.6 is 0 Å². The molecule has 7 bridgehead atoms. The maximum Gasteiger partial charge on any atom is 0.334 e. The first-order valence-electron chi connectivity index (χ1n) is 26.9. The highest BCUT2D eigenvalue weighted by atomic mass is 16.7. The Morgan fingerprint density at radius 3 is 2.49 bits per heavy atom. The number of nitrogens with one attached hydrogen (secondary N) is 1. The number of fused-ring (bicyclic) bond motifs is 5. The minimum Gasteiger partial charge on any atom is -0.504 e. The van der Waals surface area contributed by atoms with E-state index in [1.54, 1.807) is 31.2 Å². The molecule has 394 valence electrons. The van der Waals surface area contributed by atoms with Gasteiger partial charge in [0.2, 0.25) is 5.79 Å². The van der Waals surface area contributed by atoms with Gasteiger partial charge in [-0.1, -0.05) is 63.3 Å². The second-order valence-electron chi connectivity index (χ2n) is 23.0. The summed E-state index contributed by atoms with van der Waals surface area (Å²) in [5, 5.41) is 81.2. The van der Waals surface area contributed by atoms with Crippen molar-refractivity contribution >= 4 is 18.0 Å². The zero-order valence-electron chi connectivity index (χ0n) is 42.6. The average Bonchev–Trinajstić information content (AvgIpc) is 3.34. The summed E-state index contributed by atoms with van der Waals surface area (Å²) < 4.78 is 24.2. The Morgan fingerprint density at radius 1 is 0.958 bits per heavy atom. The van der Waals surface area contributed by atoms with Crippen molar-refractivity contribution in [3.63, 3.8) is 0 Å². The maximum atomic E-state index is 15.1. The van der Waals surface area contributed by atoms with E-state index in [0.717, 1.165) is 48.8 Å². The number of hydrogen-bond acceptors (Lipinski definition) is 14. The topological polar surface area (TPSA) is 225 Å². The standard InChI is InChI=1S/C58H79NO13/c1-31(2)40-12-14-45-41-13-15-46-51(65)42(40)18-21-57(45,46)39(24-32(41)3)11-17-50(64)70-54-52(66)53-47(59-29-33(4)62)19-22-58(68,72-53)55(54)71-56(67)38(25-35-7-16-48(63)49(27-35)69-5)28-44-37(30-61)10-9-36-8-6-34(20-23-60)26-43(36)44/h6-8,16,18-19,21-22,25-27,31-33,37,39-42,44-47,51-55,59-63,65-66,68H,9-15,17,20,23-24,28-30H2,1-5H3/b38-25+/t32-,33-,37+,39+,40-,41-,42+,44-,45+,46-,47-,51+,52-,53-,54+,55+,57+,58+/m0/s1. The van der Waals surface area contributed by atoms with Gasteiger partial charge in [-0.3, -0.25) is 4.79 Å². The molecule has 6 aliphatic carbocycles. The van der Waals surface area contributed by atoms with Gasteiger partial charge in [-0.05, 0) is 176 Å². The van der Waals surface area contributed by atoms with Crippen molar-refractivity contribution in [1.29, 1.82) is 0 Å². The van der Waals surface area contributed by atoms with Crippen molar-refractivity contribution in [2.24, 2.45) is 58.7 Å². The molecular formula is C58H79NO13. The summed E-state index contributed by atoms with van der Waals surface area (Å²) >= 11 is 0. The fourth-order valence-electron chi connectivity index (χ4n) is 15.1. The van der Waals surface area contributed by atoms with Gasteiger partial charge in [0.15, 0.2) is 23.7 Å². The number of aromatic hydroxyl groups is 1. The van der Waals surface area contributed by atoms with Crippen LogP contribution in [0.5, 0.6) is 11.5 Å². The molecule has 72 heavy (non-hydrogen) atoms. The molecule has 10 rings (SSSR count). The zero-order valence-corrected chi connectivity index (χ0v) is 42.6. The first-order valence-corrected chi connectivity index (χ1v) is 26.9. The number of ether oxygens (including phenoxy) is 4. The lowest BCUT2D eigenvalue weighted by Crippen LogP contribution is -2.71. The molecule has 8 aliphatic rings. The lowest BCUT2D eigenvalue weighted by Gasteiger charge is -2.66. The number of aryl methyl sites for hydroxylation is 1. The number of aliphatic hydroxyl groups excluding tert-OH is 5. The second kappa shape index (κ2) is 21.6. The van der Waals surface area contributed by atoms with Crippen LogP contribution in [0, 0.1) is 58.7 Å². The molecule has 2 aromatic rings. The van der Waals surface area contributed by atoms with E-state index in [4.69, 9.17) is 18.9 Å². The number of methoxy groups -OCH3 is 1. The van der Waals surface area contributed by atoms with Crippen LogP contribution in [0.25, 0.3) is 6.08 Å². The number of phenolic OH excluding ortho intramolecular Hbond substituents is 1. The molecule has 14 heteroatoms. The van der Waals surface area contributed by atoms with Crippen LogP contribution in [0.2, 0.25) is 0 Å². The molecular weight excluding hydrogens is 919 g/mol. The number of esters is 2. The van der Waals surface area contributed by atoms with Gasteiger partial charge in [0.25, 0.3) is 0 Å². The highest BCUT2D eigenvalue weighted by molar-refractivity contribution is 5.94. The van der Waals surface area contributed by atoms with Gasteiger partial charge < -0.3 is 60.0 Å². The van der Waals surface area contributed by atoms with Gasteiger partial charge >= 0.3 is 11.9 Å². The third kappa shape index (κ3) is 9.96. The molecule has 1 spiro atoms. The Balaban J connectivity index is 1.03. The van der Waals surface area contributed by atoms with Crippen molar-refractivity contribution in [2.75, 3.05) is 26.9 Å². The number of carbonyl (C=O) groups is 2. The van der Waals surface area contributed by atoms with E-state index in [0.29, 0.717) is 60.8 Å². The van der Waals surface area contributed by atoms with Crippen molar-refractivity contribution in [3.05, 3.63) is 88.5 Å². The third-order valence-electron chi connectivity index (χ3n) is 18.6. The van der Waals surface area contributed by atoms with Gasteiger partial charge in [0.1, 0.15) is 12.2 Å². The summed E-state index contributed by atoms with van der Waals surface area (Å²) in [5.74, 6) is -1.89. The Labute approximate surface area is 424 Å². The van der Waals surface area contributed by atoms with Crippen molar-refractivity contribution < 1.29 is 64.3 Å². The fraction of sp³-hybridized carbons (Fsp3) is 0.655.